The highest BCUT2D eigenvalue weighted by Crippen LogP contribution is 2.47. The van der Waals surface area contributed by atoms with Crippen LogP contribution >= 0.6 is 0 Å². The van der Waals surface area contributed by atoms with Gasteiger partial charge in [-0.05, 0) is 127 Å². The van der Waals surface area contributed by atoms with Crippen LogP contribution in [0.3, 0.4) is 0 Å². The Kier molecular flexibility index (Phi) is 7.44. The number of hydrogen-bond donors (Lipinski definition) is 0. The largest absolute Gasteiger partial charge is 0.311 e. The lowest BCUT2D eigenvalue weighted by atomic mass is 9.33. The molecule has 11 aromatic rings. The Morgan fingerprint density at radius 3 is 1.34 bits per heavy atom. The topological polar surface area (TPSA) is 11.4 Å². The molecule has 0 unspecified atom stereocenters. The highest BCUT2D eigenvalue weighted by atomic mass is 15.2. The van der Waals surface area contributed by atoms with E-state index in [-0.39, 0.29) is 58.1 Å². The first-order chi connectivity index (χ1) is 36.7. The van der Waals surface area contributed by atoms with Crippen molar-refractivity contribution in [2.75, 3.05) is 9.80 Å². The highest BCUT2D eigenvalue weighted by Gasteiger charge is 2.44. The minimum atomic E-state index is -0.478. The highest BCUT2D eigenvalue weighted by molar-refractivity contribution is 7.00. The summed E-state index contributed by atoms with van der Waals surface area (Å²) >= 11 is 0. The van der Waals surface area contributed by atoms with Crippen molar-refractivity contribution in [3.8, 4) is 39.1 Å². The predicted octanol–water partition coefficient (Wildman–Crippen LogP) is 15.2. The average Bonchev–Trinajstić information content (AvgIpc) is 4.01. The first-order valence-electron chi connectivity index (χ1n) is 27.1. The van der Waals surface area contributed by atoms with Crippen molar-refractivity contribution in [2.45, 2.75) is 26.2 Å². The van der Waals surface area contributed by atoms with Gasteiger partial charge in [0.25, 0.3) is 6.71 Å². The van der Waals surface area contributed by atoms with Gasteiger partial charge >= 0.3 is 0 Å². The zero-order valence-electron chi connectivity index (χ0n) is 45.8. The molecule has 0 amide bonds. The summed E-state index contributed by atoms with van der Waals surface area (Å²) in [5, 5.41) is 0.0749. The third-order valence-electron chi connectivity index (χ3n) is 13.8. The van der Waals surface area contributed by atoms with Crippen LogP contribution in [-0.4, -0.2) is 11.3 Å². The maximum Gasteiger partial charge on any atom is 0.252 e. The fraction of sp³-hybridized carbons (Fsp3) is 0.0625. The molecule has 0 bridgehead atoms. The number of para-hydroxylation sites is 2. The molecule has 2 aliphatic rings. The van der Waals surface area contributed by atoms with Crippen molar-refractivity contribution in [1.29, 1.82) is 0 Å². The summed E-state index contributed by atoms with van der Waals surface area (Å²) < 4.78 is 74.0. The summed E-state index contributed by atoms with van der Waals surface area (Å²) in [5.41, 5.74) is 17.0. The van der Waals surface area contributed by atoms with Crippen LogP contribution in [0, 0.1) is 0 Å². The normalized spacial score (nSPS) is 14.5. The fourth-order valence-electron chi connectivity index (χ4n) is 10.5. The third-order valence-corrected chi connectivity index (χ3v) is 13.8. The second-order valence-electron chi connectivity index (χ2n) is 18.8. The van der Waals surface area contributed by atoms with Gasteiger partial charge in [0.05, 0.1) is 22.0 Å². The van der Waals surface area contributed by atoms with E-state index in [1.165, 1.54) is 0 Å². The van der Waals surface area contributed by atoms with Crippen LogP contribution in [0.4, 0.5) is 34.1 Å². The van der Waals surface area contributed by atoms with Gasteiger partial charge in [-0.1, -0.05) is 190 Å². The fourth-order valence-corrected chi connectivity index (χ4v) is 10.5. The first-order valence-corrected chi connectivity index (χ1v) is 23.1. The van der Waals surface area contributed by atoms with Gasteiger partial charge in [0.2, 0.25) is 0 Å². The number of fused-ring (bicyclic) bond motifs is 7. The molecule has 0 N–H and O–H groups in total. The lowest BCUT2D eigenvalue weighted by molar-refractivity contribution is 0.590. The average molecular weight is 878 g/mol. The van der Waals surface area contributed by atoms with Crippen molar-refractivity contribution in [1.82, 2.24) is 4.57 Å². The molecule has 322 valence electrons. The summed E-state index contributed by atoms with van der Waals surface area (Å²) in [6.45, 7) is 6.40. The molecule has 0 fully saturated rings. The summed E-state index contributed by atoms with van der Waals surface area (Å²) in [6.07, 6.45) is 0. The van der Waals surface area contributed by atoms with Gasteiger partial charge in [-0.2, -0.15) is 0 Å². The first kappa shape index (κ1) is 32.4. The van der Waals surface area contributed by atoms with Crippen molar-refractivity contribution in [3.63, 3.8) is 0 Å². The van der Waals surface area contributed by atoms with Crippen LogP contribution in [0.5, 0.6) is 0 Å². The van der Waals surface area contributed by atoms with E-state index in [2.05, 4.69) is 176 Å². The second kappa shape index (κ2) is 15.6. The molecule has 0 atom stereocenters. The maximum atomic E-state index is 9.40. The van der Waals surface area contributed by atoms with E-state index < -0.39 is 24.2 Å². The zero-order valence-corrected chi connectivity index (χ0v) is 37.8. The molecule has 0 saturated carbocycles. The smallest absolute Gasteiger partial charge is 0.252 e. The molecule has 2 aliphatic heterocycles. The van der Waals surface area contributed by atoms with Gasteiger partial charge in [0.15, 0.2) is 0 Å². The van der Waals surface area contributed by atoms with Crippen molar-refractivity contribution < 1.29 is 11.0 Å². The Morgan fingerprint density at radius 1 is 0.382 bits per heavy atom. The molecule has 10 aromatic carbocycles. The van der Waals surface area contributed by atoms with Crippen molar-refractivity contribution in [3.05, 3.63) is 242 Å². The second-order valence-corrected chi connectivity index (χ2v) is 18.8. The van der Waals surface area contributed by atoms with E-state index in [0.717, 1.165) is 89.5 Å². The molecule has 3 nitrogen and oxygen atoms in total. The molecule has 0 radical (unpaired) electrons. The van der Waals surface area contributed by atoms with Crippen LogP contribution < -0.4 is 26.2 Å². The number of aromatic nitrogens is 1. The number of benzene rings is 10. The quantitative estimate of drug-likeness (QED) is 0.154. The molecule has 13 rings (SSSR count). The van der Waals surface area contributed by atoms with Crippen molar-refractivity contribution >= 4 is 79.0 Å². The van der Waals surface area contributed by atoms with Crippen LogP contribution in [0.25, 0.3) is 60.9 Å². The summed E-state index contributed by atoms with van der Waals surface area (Å²) in [5.74, 6) is 0. The summed E-state index contributed by atoms with van der Waals surface area (Å²) in [6, 6.07) is 62.7. The Balaban J connectivity index is 1.14. The minimum absolute atomic E-state index is 0.0374. The SMILES string of the molecule is [2H]c1c([2H])c([2H])c2c(c1[2H])c1c([2H])c([2H])c([2H])c([2H])c1n2-c1ccc2c(c1)N(c1ccc(-c3ccccc3)cc1)c1cc(C(C)(C)C)cc3c1B2c1cc(-c2ccccc2)ccc1N3c1ccc(-c2ccccc2)cc1. The zero-order chi connectivity index (χ0) is 52.5. The van der Waals surface area contributed by atoms with Gasteiger partial charge in [-0.25, -0.2) is 0 Å². The molecule has 0 saturated heterocycles. The van der Waals surface area contributed by atoms with Crippen LogP contribution in [-0.2, 0) is 5.41 Å². The Morgan fingerprint density at radius 2 is 0.824 bits per heavy atom. The van der Waals surface area contributed by atoms with Gasteiger partial charge in [0.1, 0.15) is 0 Å². The molecule has 1 aromatic heterocycles. The number of anilines is 6. The van der Waals surface area contributed by atoms with E-state index in [1.807, 2.05) is 42.5 Å². The lowest BCUT2D eigenvalue weighted by Gasteiger charge is -2.45. The molecular formula is C64H48BN3. The predicted molar refractivity (Wildman–Crippen MR) is 290 cm³/mol. The van der Waals surface area contributed by atoms with E-state index in [4.69, 9.17) is 5.48 Å². The van der Waals surface area contributed by atoms with Gasteiger partial charge < -0.3 is 14.4 Å². The van der Waals surface area contributed by atoms with Crippen LogP contribution in [0.1, 0.15) is 37.3 Å². The molecule has 0 aliphatic carbocycles. The summed E-state index contributed by atoms with van der Waals surface area (Å²) in [7, 11) is 0. The van der Waals surface area contributed by atoms with Crippen LogP contribution in [0.2, 0.25) is 0 Å². The van der Waals surface area contributed by atoms with Crippen LogP contribution in [0.15, 0.2) is 236 Å². The van der Waals surface area contributed by atoms with E-state index in [1.54, 1.807) is 4.57 Å². The third kappa shape index (κ3) is 6.43. The molecule has 4 heteroatoms. The van der Waals surface area contributed by atoms with Crippen molar-refractivity contribution in [2.24, 2.45) is 0 Å². The van der Waals surface area contributed by atoms with Gasteiger partial charge in [0, 0.05) is 50.6 Å². The minimum Gasteiger partial charge on any atom is -0.311 e. The molecule has 0 spiro atoms. The van der Waals surface area contributed by atoms with Gasteiger partial charge in [-0.15, -0.1) is 0 Å². The Labute approximate surface area is 410 Å². The Bertz CT molecular complexity index is 4100. The molecule has 68 heavy (non-hydrogen) atoms. The van der Waals surface area contributed by atoms with Gasteiger partial charge in [-0.3, -0.25) is 0 Å². The number of nitrogens with zero attached hydrogens (tertiary/aromatic N) is 3. The monoisotopic (exact) mass is 877 g/mol. The standard InChI is InChI=1S/C64H48BN3/c1-64(2,3)49-40-61-63-62(41-49)67(51-34-29-47(30-35-51)44-19-9-5-10-20-44)60-42-52(68-57-25-15-13-23-53(57)54-24-14-16-26-58(54)68)36-37-55(60)65(63)56-39-48(45-21-11-6-12-22-45)31-38-59(56)66(61)50-32-27-46(28-33-50)43-17-7-4-8-18-43/h4-42H,1-3H3/i13D,14D,15D,16D,23D,24D,25D,26D. The van der Waals surface area contributed by atoms with E-state index >= 15 is 0 Å². The molecular weight excluding hydrogens is 822 g/mol. The number of rotatable bonds is 6. The Hall–Kier alpha value is -8.34. The maximum absolute atomic E-state index is 9.40. The van der Waals surface area contributed by atoms with E-state index in [9.17, 15) is 5.48 Å². The lowest BCUT2D eigenvalue weighted by Crippen LogP contribution is -2.61. The molecule has 3 heterocycles. The van der Waals surface area contributed by atoms with E-state index in [0.29, 0.717) is 5.69 Å². The summed E-state index contributed by atoms with van der Waals surface area (Å²) in [4.78, 5) is 4.72. The number of hydrogen-bond acceptors (Lipinski definition) is 2.